The van der Waals surface area contributed by atoms with Crippen LogP contribution in [0.2, 0.25) is 5.02 Å². The molecular weight excluding hydrogens is 1270 g/mol. The van der Waals surface area contributed by atoms with E-state index in [1.54, 1.807) is 6.07 Å². The van der Waals surface area contributed by atoms with Gasteiger partial charge in [0.25, 0.3) is 0 Å². The highest BCUT2D eigenvalue weighted by molar-refractivity contribution is 6.31. The van der Waals surface area contributed by atoms with Gasteiger partial charge in [-0.1, -0.05) is 359 Å². The lowest BCUT2D eigenvalue weighted by Gasteiger charge is -2.20. The third kappa shape index (κ3) is 35.1. The summed E-state index contributed by atoms with van der Waals surface area (Å²) in [5.41, 5.74) is 16.3. The Morgan fingerprint density at radius 2 is 0.588 bits per heavy atom. The number of ether oxygens (including phenoxy) is 3. The molecule has 102 heavy (non-hydrogen) atoms. The lowest BCUT2D eigenvalue weighted by Crippen LogP contribution is -2.13. The van der Waals surface area contributed by atoms with E-state index in [0.29, 0.717) is 5.41 Å². The van der Waals surface area contributed by atoms with Gasteiger partial charge in [-0.15, -0.1) is 0 Å². The van der Waals surface area contributed by atoms with Crippen molar-refractivity contribution in [1.82, 2.24) is 0 Å². The SMILES string of the molecule is C.C.C.CC(C)(C)Cc1ccccc1.CC(C)(C)c1ccc(Oc2ccccc2)cc1.Cc1cc(C(C)(C)C)ccc1Cl.Cc1ccc(F)c(C(C)(C)C)c1.Cc1ccc(Oc2ccc(C(C)(C)C)cc2)cc1.Cc1ccc(Oc2cccc(C(C)(C)C)c2)cc1.Cc1cccc(C(C)(C)C)c1. The van der Waals surface area contributed by atoms with E-state index in [0.717, 1.165) is 62.6 Å². The monoisotopic (exact) mass is 1400 g/mol. The molecule has 0 fully saturated rings. The fourth-order valence-corrected chi connectivity index (χ4v) is 9.94. The topological polar surface area (TPSA) is 27.7 Å². The molecule has 0 spiro atoms. The molecule has 0 saturated heterocycles. The van der Waals surface area contributed by atoms with Crippen LogP contribution in [0.3, 0.4) is 0 Å². The second-order valence-corrected chi connectivity index (χ2v) is 33.8. The standard InChI is InChI=1S/2C17H20O.C16H18O.C11H15Cl.C11H15F.2C11H16.3CH4/c1-13-5-9-15(10-6-13)18-16-11-7-14(8-12-16)17(2,3)4;1-13-8-10-15(11-9-13)18-16-7-5-6-14(12-16)17(2,3)4;1-16(2,3)13-9-11-15(12-10-13)17-14-7-5-4-6-8-14;1-8-7-9(11(2,3)4)5-6-10(8)12;1-8-5-6-10(12)9(7-8)11(2,3)4;1-9-6-5-7-10(8-9)11(2,3)4;1-11(2,3)9-10-7-5-4-6-8-10;;;/h2*5-12H,1-4H3;4-12H,1-3H3;2*5-7H,1-4H3;5-8H,1-4H3;4-8H,9H2,1-3H3;3*1H4. The second-order valence-electron chi connectivity index (χ2n) is 33.4. The predicted octanol–water partition coefficient (Wildman–Crippen LogP) is 30.8. The van der Waals surface area contributed by atoms with E-state index in [9.17, 15) is 4.39 Å². The van der Waals surface area contributed by atoms with Gasteiger partial charge in [-0.3, -0.25) is 0 Å². The van der Waals surface area contributed by atoms with E-state index in [4.69, 9.17) is 25.8 Å². The van der Waals surface area contributed by atoms with E-state index in [-0.39, 0.29) is 60.6 Å². The highest BCUT2D eigenvalue weighted by Gasteiger charge is 2.20. The Bertz CT molecular complexity index is 3950. The molecule has 0 heterocycles. The van der Waals surface area contributed by atoms with Crippen LogP contribution in [-0.4, -0.2) is 0 Å². The Kier molecular flexibility index (Phi) is 37.1. The molecule has 10 rings (SSSR count). The van der Waals surface area contributed by atoms with Gasteiger partial charge < -0.3 is 14.2 Å². The van der Waals surface area contributed by atoms with Gasteiger partial charge in [0.2, 0.25) is 0 Å². The van der Waals surface area contributed by atoms with Gasteiger partial charge in [-0.2, -0.15) is 0 Å². The first-order chi connectivity index (χ1) is 45.8. The van der Waals surface area contributed by atoms with Gasteiger partial charge in [0, 0.05) is 5.02 Å². The highest BCUT2D eigenvalue weighted by atomic mass is 35.5. The van der Waals surface area contributed by atoms with Crippen LogP contribution in [-0.2, 0) is 38.9 Å². The van der Waals surface area contributed by atoms with E-state index in [1.807, 2.05) is 138 Å². The normalized spacial score (nSPS) is 11.1. The summed E-state index contributed by atoms with van der Waals surface area (Å²) in [7, 11) is 0. The van der Waals surface area contributed by atoms with Crippen molar-refractivity contribution in [2.24, 2.45) is 5.41 Å². The molecule has 0 amide bonds. The molecule has 0 aromatic heterocycles. The fourth-order valence-electron chi connectivity index (χ4n) is 9.83. The summed E-state index contributed by atoms with van der Waals surface area (Å²) < 4.78 is 30.7. The second kappa shape index (κ2) is 41.2. The van der Waals surface area contributed by atoms with Gasteiger partial charge >= 0.3 is 0 Å². The summed E-state index contributed by atoms with van der Waals surface area (Å²) in [5, 5.41) is 0.850. The molecule has 0 atom stereocenters. The minimum atomic E-state index is -0.104. The number of rotatable bonds is 7. The van der Waals surface area contributed by atoms with Gasteiger partial charge in [0.05, 0.1) is 0 Å². The number of hydrogen-bond acceptors (Lipinski definition) is 3. The summed E-state index contributed by atoms with van der Waals surface area (Å²) in [5.74, 6) is 5.18. The number of benzene rings is 10. The Hall–Kier alpha value is -8.18. The van der Waals surface area contributed by atoms with Crippen LogP contribution in [0.4, 0.5) is 4.39 Å². The molecule has 0 radical (unpaired) electrons. The molecule has 0 aliphatic rings. The average molecular weight is 1400 g/mol. The molecule has 0 unspecified atom stereocenters. The summed E-state index contributed by atoms with van der Waals surface area (Å²) in [4.78, 5) is 0. The third-order valence-corrected chi connectivity index (χ3v) is 16.5. The van der Waals surface area contributed by atoms with Crippen LogP contribution in [0.5, 0.6) is 34.5 Å². The van der Waals surface area contributed by atoms with E-state index in [1.165, 1.54) is 56.1 Å². The van der Waals surface area contributed by atoms with Crippen molar-refractivity contribution in [2.75, 3.05) is 0 Å². The van der Waals surface area contributed by atoms with Crippen molar-refractivity contribution in [1.29, 1.82) is 0 Å². The van der Waals surface area contributed by atoms with Crippen LogP contribution in [0.25, 0.3) is 0 Å². The number of halogens is 2. The molecule has 0 aliphatic heterocycles. The van der Waals surface area contributed by atoms with Gasteiger partial charge in [-0.25, -0.2) is 4.39 Å². The minimum absolute atomic E-state index is 0. The van der Waals surface area contributed by atoms with Crippen LogP contribution >= 0.6 is 11.6 Å². The molecular formula is C97H132ClFO3. The zero-order valence-corrected chi connectivity index (χ0v) is 66.0. The van der Waals surface area contributed by atoms with Gasteiger partial charge in [0.15, 0.2) is 0 Å². The van der Waals surface area contributed by atoms with Crippen molar-refractivity contribution < 1.29 is 18.6 Å². The van der Waals surface area contributed by atoms with Gasteiger partial charge in [0.1, 0.15) is 40.3 Å². The molecule has 10 aromatic carbocycles. The lowest BCUT2D eigenvalue weighted by atomic mass is 9.86. The van der Waals surface area contributed by atoms with Crippen molar-refractivity contribution in [2.45, 2.75) is 241 Å². The first-order valence-corrected chi connectivity index (χ1v) is 35.4. The Morgan fingerprint density at radius 3 is 0.941 bits per heavy atom. The number of aryl methyl sites for hydroxylation is 5. The molecule has 0 bridgehead atoms. The third-order valence-electron chi connectivity index (χ3n) is 16.0. The zero-order chi connectivity index (χ0) is 74.2. The zero-order valence-electron chi connectivity index (χ0n) is 65.3. The van der Waals surface area contributed by atoms with Crippen LogP contribution in [0, 0.1) is 45.9 Å². The first kappa shape index (κ1) is 91.8. The number of para-hydroxylation sites is 1. The molecule has 3 nitrogen and oxygen atoms in total. The number of hydrogen-bond donors (Lipinski definition) is 0. The van der Waals surface area contributed by atoms with Crippen LogP contribution in [0.15, 0.2) is 243 Å². The predicted molar refractivity (Wildman–Crippen MR) is 449 cm³/mol. The highest BCUT2D eigenvalue weighted by Crippen LogP contribution is 2.33. The van der Waals surface area contributed by atoms with Crippen LogP contribution < -0.4 is 14.2 Å². The van der Waals surface area contributed by atoms with E-state index >= 15 is 0 Å². The maximum Gasteiger partial charge on any atom is 0.127 e. The quantitative estimate of drug-likeness (QED) is 0.159. The molecule has 0 aliphatic carbocycles. The lowest BCUT2D eigenvalue weighted by molar-refractivity contribution is 0.411. The van der Waals surface area contributed by atoms with E-state index in [2.05, 4.69) is 273 Å². The summed E-state index contributed by atoms with van der Waals surface area (Å²) in [6, 6.07) is 81.7. The average Bonchev–Trinajstić information content (AvgIpc) is 0.854. The largest absolute Gasteiger partial charge is 0.457 e. The summed E-state index contributed by atoms with van der Waals surface area (Å²) in [6.45, 7) is 56.4. The molecule has 5 heteroatoms. The Labute approximate surface area is 627 Å². The van der Waals surface area contributed by atoms with Crippen molar-refractivity contribution in [3.8, 4) is 34.5 Å². The molecule has 0 saturated carbocycles. The minimum Gasteiger partial charge on any atom is -0.457 e. The smallest absolute Gasteiger partial charge is 0.127 e. The van der Waals surface area contributed by atoms with Crippen molar-refractivity contribution in [3.63, 3.8) is 0 Å². The fraction of sp³-hybridized carbons (Fsp3) is 0.381. The maximum atomic E-state index is 13.3. The molecule has 552 valence electrons. The molecule has 10 aromatic rings. The van der Waals surface area contributed by atoms with Crippen molar-refractivity contribution in [3.05, 3.63) is 320 Å². The van der Waals surface area contributed by atoms with Gasteiger partial charge in [-0.05, 0) is 208 Å². The molecule has 0 N–H and O–H groups in total. The van der Waals surface area contributed by atoms with Crippen LogP contribution in [0.1, 0.15) is 234 Å². The summed E-state index contributed by atoms with van der Waals surface area (Å²) in [6.07, 6.45) is 1.16. The van der Waals surface area contributed by atoms with Crippen molar-refractivity contribution >= 4 is 11.6 Å². The maximum absolute atomic E-state index is 13.3. The van der Waals surface area contributed by atoms with E-state index < -0.39 is 0 Å². The Morgan fingerprint density at radius 1 is 0.275 bits per heavy atom. The first-order valence-electron chi connectivity index (χ1n) is 35.0. The summed E-state index contributed by atoms with van der Waals surface area (Å²) >= 11 is 5.93. The Balaban J connectivity index is 0.000000598.